The first kappa shape index (κ1) is 28.9. The van der Waals surface area contributed by atoms with Crippen LogP contribution in [-0.2, 0) is 26.6 Å². The van der Waals surface area contributed by atoms with Crippen LogP contribution in [0.2, 0.25) is 5.02 Å². The maximum atomic E-state index is 13.3. The minimum absolute atomic E-state index is 0.0337. The number of fused-ring (bicyclic) bond motifs is 1. The van der Waals surface area contributed by atoms with Gasteiger partial charge in [0.2, 0.25) is 0 Å². The van der Waals surface area contributed by atoms with Crippen molar-refractivity contribution in [3.05, 3.63) is 62.1 Å². The van der Waals surface area contributed by atoms with Crippen molar-refractivity contribution in [1.29, 1.82) is 0 Å². The molecule has 0 atom stereocenters. The smallest absolute Gasteiger partial charge is 0.281 e. The number of nitrogens with one attached hydrogen (secondary N) is 1. The molecule has 1 saturated heterocycles. The lowest BCUT2D eigenvalue weighted by Gasteiger charge is -2.35. The number of anilines is 1. The number of aromatic nitrogens is 2. The van der Waals surface area contributed by atoms with Crippen LogP contribution in [0, 0.1) is 0 Å². The average molecular weight is 648 g/mol. The number of halogens is 2. The highest BCUT2D eigenvalue weighted by Gasteiger charge is 2.28. The van der Waals surface area contributed by atoms with Crippen LogP contribution in [0.3, 0.4) is 0 Å². The molecule has 38 heavy (non-hydrogen) atoms. The molecule has 0 bridgehead atoms. The van der Waals surface area contributed by atoms with E-state index < -0.39 is 25.6 Å². The van der Waals surface area contributed by atoms with Gasteiger partial charge < -0.3 is 0 Å². The Bertz CT molecular complexity index is 1640. The van der Waals surface area contributed by atoms with Gasteiger partial charge in [-0.2, -0.15) is 17.0 Å². The maximum absolute atomic E-state index is 13.3. The molecule has 2 aromatic carbocycles. The van der Waals surface area contributed by atoms with Gasteiger partial charge in [-0.3, -0.25) is 15.1 Å². The van der Waals surface area contributed by atoms with Gasteiger partial charge in [0.15, 0.2) is 9.84 Å². The fraction of sp³-hybridized carbons (Fsp3) is 0.391. The summed E-state index contributed by atoms with van der Waals surface area (Å²) in [5.41, 5.74) is 3.98. The third kappa shape index (κ3) is 5.91. The zero-order chi connectivity index (χ0) is 27.8. The van der Waals surface area contributed by atoms with Gasteiger partial charge in [0.05, 0.1) is 27.2 Å². The van der Waals surface area contributed by atoms with E-state index in [4.69, 9.17) is 11.6 Å². The van der Waals surface area contributed by atoms with Crippen molar-refractivity contribution in [2.24, 2.45) is 0 Å². The fourth-order valence-corrected chi connectivity index (χ4v) is 6.88. The minimum Gasteiger partial charge on any atom is -0.296 e. The molecule has 15 heteroatoms. The van der Waals surface area contributed by atoms with Crippen molar-refractivity contribution in [3.8, 4) is 0 Å². The van der Waals surface area contributed by atoms with Gasteiger partial charge in [0.1, 0.15) is 6.33 Å². The van der Waals surface area contributed by atoms with Gasteiger partial charge >= 0.3 is 0 Å². The van der Waals surface area contributed by atoms with Crippen molar-refractivity contribution in [3.63, 3.8) is 0 Å². The predicted octanol–water partition coefficient (Wildman–Crippen LogP) is 2.41. The molecule has 2 heterocycles. The molecule has 4 rings (SSSR count). The normalized spacial score (nSPS) is 15.8. The molecule has 11 nitrogen and oxygen atoms in total. The Labute approximate surface area is 235 Å². The van der Waals surface area contributed by atoms with E-state index in [1.807, 2.05) is 6.07 Å². The number of sulfone groups is 1. The molecule has 0 aliphatic carbocycles. The number of benzene rings is 2. The summed E-state index contributed by atoms with van der Waals surface area (Å²) >= 11 is 9.65. The summed E-state index contributed by atoms with van der Waals surface area (Å²) in [5.74, 6) is -0.107. The van der Waals surface area contributed by atoms with Crippen molar-refractivity contribution in [2.75, 3.05) is 51.5 Å². The molecule has 1 fully saturated rings. The van der Waals surface area contributed by atoms with E-state index in [-0.39, 0.29) is 16.3 Å². The van der Waals surface area contributed by atoms with Crippen molar-refractivity contribution in [1.82, 2.24) is 23.2 Å². The second-order valence-electron chi connectivity index (χ2n) is 9.00. The summed E-state index contributed by atoms with van der Waals surface area (Å²) in [5, 5.41) is 0.649. The van der Waals surface area contributed by atoms with Gasteiger partial charge in [-0.25, -0.2) is 18.1 Å². The molecule has 0 unspecified atom stereocenters. The lowest BCUT2D eigenvalue weighted by atomic mass is 10.1. The van der Waals surface area contributed by atoms with Gasteiger partial charge in [0, 0.05) is 56.3 Å². The third-order valence-corrected chi connectivity index (χ3v) is 11.0. The highest BCUT2D eigenvalue weighted by Crippen LogP contribution is 2.27. The summed E-state index contributed by atoms with van der Waals surface area (Å²) in [6.45, 7) is 4.01. The first-order valence-corrected chi connectivity index (χ1v) is 15.9. The summed E-state index contributed by atoms with van der Waals surface area (Å²) in [4.78, 5) is 19.9. The summed E-state index contributed by atoms with van der Waals surface area (Å²) in [6.07, 6.45) is 1.30. The molecular weight excluding hydrogens is 620 g/mol. The van der Waals surface area contributed by atoms with E-state index in [0.29, 0.717) is 53.1 Å². The van der Waals surface area contributed by atoms with Crippen molar-refractivity contribution < 1.29 is 16.8 Å². The molecule has 0 radical (unpaired) electrons. The molecule has 0 saturated carbocycles. The molecule has 0 amide bonds. The monoisotopic (exact) mass is 646 g/mol. The van der Waals surface area contributed by atoms with E-state index in [1.54, 1.807) is 6.07 Å². The largest absolute Gasteiger partial charge is 0.296 e. The fourth-order valence-electron chi connectivity index (χ4n) is 4.12. The number of piperazine rings is 1. The minimum atomic E-state index is -3.57. The Balaban J connectivity index is 1.58. The van der Waals surface area contributed by atoms with E-state index in [1.165, 1.54) is 54.2 Å². The Kier molecular flexibility index (Phi) is 8.52. The molecule has 1 aliphatic rings. The lowest BCUT2D eigenvalue weighted by molar-refractivity contribution is 0.177. The van der Waals surface area contributed by atoms with Crippen LogP contribution in [0.25, 0.3) is 10.9 Å². The Hall–Kier alpha value is -2.07. The molecule has 0 spiro atoms. The average Bonchev–Trinajstić information content (AvgIpc) is 2.87. The first-order valence-electron chi connectivity index (χ1n) is 11.7. The zero-order valence-corrected chi connectivity index (χ0v) is 25.0. The molecule has 206 valence electrons. The third-order valence-electron chi connectivity index (χ3n) is 6.34. The second-order valence-corrected chi connectivity index (χ2v) is 14.7. The Morgan fingerprint density at radius 1 is 1.08 bits per heavy atom. The molecule has 1 aliphatic heterocycles. The van der Waals surface area contributed by atoms with Crippen LogP contribution in [-0.4, -0.2) is 86.0 Å². The summed E-state index contributed by atoms with van der Waals surface area (Å²) in [6, 6.07) is 7.84. The SMILES string of the molecule is CCS(=O)(=O)c1ccc(Cl)cc1Nn1cnc2cc(CN3CCN(S(=O)(=O)N(C)C)CC3)c(Br)cc2c1=O. The Morgan fingerprint density at radius 2 is 1.76 bits per heavy atom. The molecule has 1 aromatic heterocycles. The van der Waals surface area contributed by atoms with Crippen LogP contribution in [0.5, 0.6) is 0 Å². The van der Waals surface area contributed by atoms with E-state index >= 15 is 0 Å². The second kappa shape index (κ2) is 11.2. The number of nitrogens with zero attached hydrogens (tertiary/aromatic N) is 5. The standard InChI is InChI=1S/C23H28BrClN6O5S2/c1-4-37(33,34)22-6-5-17(25)12-21(22)27-31-15-26-20-11-16(19(24)13-18(20)23(31)32)14-29-7-9-30(10-8-29)38(35,36)28(2)3/h5-6,11-13,15,27H,4,7-10,14H2,1-3H3. The van der Waals surface area contributed by atoms with Crippen LogP contribution in [0.15, 0.2) is 50.8 Å². The lowest BCUT2D eigenvalue weighted by Crippen LogP contribution is -2.51. The predicted molar refractivity (Wildman–Crippen MR) is 151 cm³/mol. The van der Waals surface area contributed by atoms with Gasteiger partial charge in [-0.05, 0) is 35.9 Å². The molecular formula is C23H28BrClN6O5S2. The quantitative estimate of drug-likeness (QED) is 0.395. The highest BCUT2D eigenvalue weighted by atomic mass is 79.9. The van der Waals surface area contributed by atoms with Crippen molar-refractivity contribution in [2.45, 2.75) is 18.4 Å². The van der Waals surface area contributed by atoms with E-state index in [2.05, 4.69) is 31.2 Å². The summed E-state index contributed by atoms with van der Waals surface area (Å²) in [7, 11) is -3.98. The Morgan fingerprint density at radius 3 is 2.39 bits per heavy atom. The van der Waals surface area contributed by atoms with Gasteiger partial charge in [0.25, 0.3) is 15.8 Å². The number of hydrogen-bond acceptors (Lipinski definition) is 8. The van der Waals surface area contributed by atoms with Gasteiger partial charge in [-0.15, -0.1) is 0 Å². The van der Waals surface area contributed by atoms with Crippen LogP contribution in [0.4, 0.5) is 5.69 Å². The zero-order valence-electron chi connectivity index (χ0n) is 21.1. The maximum Gasteiger partial charge on any atom is 0.281 e. The van der Waals surface area contributed by atoms with Crippen molar-refractivity contribution >= 4 is 64.2 Å². The highest BCUT2D eigenvalue weighted by molar-refractivity contribution is 9.10. The van der Waals surface area contributed by atoms with E-state index in [9.17, 15) is 21.6 Å². The number of hydrogen-bond donors (Lipinski definition) is 1. The topological polar surface area (TPSA) is 125 Å². The summed E-state index contributed by atoms with van der Waals surface area (Å²) < 4.78 is 54.3. The van der Waals surface area contributed by atoms with Crippen LogP contribution < -0.4 is 11.0 Å². The van der Waals surface area contributed by atoms with Gasteiger partial charge in [-0.1, -0.05) is 34.5 Å². The molecule has 3 aromatic rings. The van der Waals surface area contributed by atoms with Crippen LogP contribution >= 0.6 is 27.5 Å². The van der Waals surface area contributed by atoms with Crippen LogP contribution in [0.1, 0.15) is 12.5 Å². The number of rotatable bonds is 8. The molecule has 1 N–H and O–H groups in total. The van der Waals surface area contributed by atoms with E-state index in [0.717, 1.165) is 10.2 Å². The first-order chi connectivity index (χ1) is 17.8.